The van der Waals surface area contributed by atoms with E-state index in [0.717, 1.165) is 0 Å². The minimum Gasteiger partial charge on any atom is -0.332 e. The van der Waals surface area contributed by atoms with Gasteiger partial charge >= 0.3 is 0 Å². The molecule has 0 unspecified atom stereocenters. The maximum atomic E-state index is 12.0. The molecule has 0 aromatic heterocycles. The molecular formula is C16H23NO. The van der Waals surface area contributed by atoms with Gasteiger partial charge in [-0.25, -0.2) is 0 Å². The van der Waals surface area contributed by atoms with Crippen LogP contribution in [0.25, 0.3) is 0 Å². The van der Waals surface area contributed by atoms with Crippen LogP contribution in [0.4, 0.5) is 0 Å². The van der Waals surface area contributed by atoms with Crippen LogP contribution >= 0.6 is 0 Å². The number of benzene rings is 1. The summed E-state index contributed by atoms with van der Waals surface area (Å²) in [7, 11) is 0. The van der Waals surface area contributed by atoms with Crippen LogP contribution < -0.4 is 0 Å². The predicted octanol–water partition coefficient (Wildman–Crippen LogP) is 3.95. The fourth-order valence-electron chi connectivity index (χ4n) is 1.87. The number of hydrogen-bond donors (Lipinski definition) is 0. The molecule has 1 aromatic carbocycles. The van der Waals surface area contributed by atoms with Gasteiger partial charge in [0, 0.05) is 13.0 Å². The van der Waals surface area contributed by atoms with Gasteiger partial charge in [0.05, 0.1) is 6.04 Å². The first-order chi connectivity index (χ1) is 8.56. The standard InChI is InChI=1S/C16H23NO/c1-5-16(18)17(12-11-13(2)3)14(4)15-9-7-6-8-10-15/h6-11,14H,5,12H2,1-4H3/t14-/m0/s1. The molecule has 98 valence electrons. The molecule has 2 nitrogen and oxygen atoms in total. The molecule has 0 bridgehead atoms. The van der Waals surface area contributed by atoms with Crippen LogP contribution in [-0.2, 0) is 4.79 Å². The largest absolute Gasteiger partial charge is 0.332 e. The molecule has 0 spiro atoms. The maximum absolute atomic E-state index is 12.0. The Balaban J connectivity index is 2.89. The van der Waals surface area contributed by atoms with Crippen LogP contribution in [0.15, 0.2) is 42.0 Å². The second-order valence-corrected chi connectivity index (χ2v) is 4.77. The molecule has 0 heterocycles. The van der Waals surface area contributed by atoms with Crippen molar-refractivity contribution in [3.63, 3.8) is 0 Å². The average Bonchev–Trinajstić information content (AvgIpc) is 2.39. The van der Waals surface area contributed by atoms with Gasteiger partial charge in [0.25, 0.3) is 0 Å². The summed E-state index contributed by atoms with van der Waals surface area (Å²) in [6.45, 7) is 8.80. The highest BCUT2D eigenvalue weighted by Crippen LogP contribution is 2.20. The number of carbonyl (C=O) groups is 1. The van der Waals surface area contributed by atoms with Crippen LogP contribution in [0.2, 0.25) is 0 Å². The Labute approximate surface area is 110 Å². The van der Waals surface area contributed by atoms with E-state index >= 15 is 0 Å². The van der Waals surface area contributed by atoms with Crippen LogP contribution in [-0.4, -0.2) is 17.4 Å². The van der Waals surface area contributed by atoms with E-state index in [0.29, 0.717) is 13.0 Å². The molecule has 2 heteroatoms. The molecule has 0 radical (unpaired) electrons. The third kappa shape index (κ3) is 4.02. The molecule has 0 aliphatic carbocycles. The topological polar surface area (TPSA) is 20.3 Å². The predicted molar refractivity (Wildman–Crippen MR) is 76.3 cm³/mol. The van der Waals surface area contributed by atoms with Crippen molar-refractivity contribution in [1.82, 2.24) is 4.90 Å². The molecular weight excluding hydrogens is 222 g/mol. The van der Waals surface area contributed by atoms with Crippen molar-refractivity contribution in [2.24, 2.45) is 0 Å². The van der Waals surface area contributed by atoms with Crippen molar-refractivity contribution >= 4 is 5.91 Å². The highest BCUT2D eigenvalue weighted by atomic mass is 16.2. The number of rotatable bonds is 5. The normalized spacial score (nSPS) is 11.8. The molecule has 0 aliphatic heterocycles. The number of amides is 1. The molecule has 0 fully saturated rings. The van der Waals surface area contributed by atoms with E-state index in [9.17, 15) is 4.79 Å². The number of nitrogens with zero attached hydrogens (tertiary/aromatic N) is 1. The zero-order valence-corrected chi connectivity index (χ0v) is 11.8. The monoisotopic (exact) mass is 245 g/mol. The summed E-state index contributed by atoms with van der Waals surface area (Å²) in [5, 5.41) is 0. The molecule has 1 amide bonds. The van der Waals surface area contributed by atoms with Gasteiger partial charge in [-0.1, -0.05) is 48.9 Å². The number of allylic oxidation sites excluding steroid dienone is 1. The summed E-state index contributed by atoms with van der Waals surface area (Å²) in [6, 6.07) is 10.3. The Morgan fingerprint density at radius 1 is 1.28 bits per heavy atom. The lowest BCUT2D eigenvalue weighted by Gasteiger charge is -2.28. The summed E-state index contributed by atoms with van der Waals surface area (Å²) < 4.78 is 0. The molecule has 0 N–H and O–H groups in total. The smallest absolute Gasteiger partial charge is 0.223 e. The van der Waals surface area contributed by atoms with Gasteiger partial charge < -0.3 is 4.90 Å². The first-order valence-corrected chi connectivity index (χ1v) is 6.54. The van der Waals surface area contributed by atoms with Crippen molar-refractivity contribution < 1.29 is 4.79 Å². The maximum Gasteiger partial charge on any atom is 0.223 e. The zero-order valence-electron chi connectivity index (χ0n) is 11.8. The van der Waals surface area contributed by atoms with Gasteiger partial charge in [-0.2, -0.15) is 0 Å². The van der Waals surface area contributed by atoms with Crippen LogP contribution in [0, 0.1) is 0 Å². The minimum absolute atomic E-state index is 0.120. The fraction of sp³-hybridized carbons (Fsp3) is 0.438. The van der Waals surface area contributed by atoms with Gasteiger partial charge in [-0.15, -0.1) is 0 Å². The first-order valence-electron chi connectivity index (χ1n) is 6.54. The third-order valence-electron chi connectivity index (χ3n) is 3.07. The minimum atomic E-state index is 0.120. The van der Waals surface area contributed by atoms with Crippen molar-refractivity contribution in [3.8, 4) is 0 Å². The average molecular weight is 245 g/mol. The molecule has 1 rings (SSSR count). The van der Waals surface area contributed by atoms with Gasteiger partial charge in [-0.05, 0) is 26.3 Å². The molecule has 1 aromatic rings. The molecule has 18 heavy (non-hydrogen) atoms. The summed E-state index contributed by atoms with van der Waals surface area (Å²) in [4.78, 5) is 14.0. The number of hydrogen-bond acceptors (Lipinski definition) is 1. The third-order valence-corrected chi connectivity index (χ3v) is 3.07. The lowest BCUT2D eigenvalue weighted by Crippen LogP contribution is -2.33. The summed E-state index contributed by atoms with van der Waals surface area (Å²) in [5.74, 6) is 0.198. The van der Waals surface area contributed by atoms with E-state index in [1.807, 2.05) is 30.0 Å². The zero-order chi connectivity index (χ0) is 13.5. The Kier molecular flexibility index (Phi) is 5.63. The van der Waals surface area contributed by atoms with E-state index < -0.39 is 0 Å². The van der Waals surface area contributed by atoms with Crippen molar-refractivity contribution in [2.75, 3.05) is 6.54 Å². The van der Waals surface area contributed by atoms with E-state index in [1.54, 1.807) is 0 Å². The van der Waals surface area contributed by atoms with E-state index in [4.69, 9.17) is 0 Å². The molecule has 0 saturated carbocycles. The van der Waals surface area contributed by atoms with E-state index in [1.165, 1.54) is 11.1 Å². The molecule has 1 atom stereocenters. The van der Waals surface area contributed by atoms with Crippen LogP contribution in [0.3, 0.4) is 0 Å². The van der Waals surface area contributed by atoms with Gasteiger partial charge in [0.1, 0.15) is 0 Å². The lowest BCUT2D eigenvalue weighted by molar-refractivity contribution is -0.132. The second-order valence-electron chi connectivity index (χ2n) is 4.77. The van der Waals surface area contributed by atoms with Crippen LogP contribution in [0.1, 0.15) is 45.7 Å². The highest BCUT2D eigenvalue weighted by Gasteiger charge is 2.18. The Morgan fingerprint density at radius 3 is 2.39 bits per heavy atom. The van der Waals surface area contributed by atoms with E-state index in [-0.39, 0.29) is 11.9 Å². The Morgan fingerprint density at radius 2 is 1.89 bits per heavy atom. The summed E-state index contributed by atoms with van der Waals surface area (Å²) in [6.07, 6.45) is 2.65. The summed E-state index contributed by atoms with van der Waals surface area (Å²) >= 11 is 0. The van der Waals surface area contributed by atoms with Gasteiger partial charge in [-0.3, -0.25) is 4.79 Å². The van der Waals surface area contributed by atoms with Crippen LogP contribution in [0.5, 0.6) is 0 Å². The van der Waals surface area contributed by atoms with Crippen molar-refractivity contribution in [1.29, 1.82) is 0 Å². The van der Waals surface area contributed by atoms with Crippen molar-refractivity contribution in [2.45, 2.75) is 40.2 Å². The van der Waals surface area contributed by atoms with Gasteiger partial charge in [0.2, 0.25) is 5.91 Å². The van der Waals surface area contributed by atoms with Crippen molar-refractivity contribution in [3.05, 3.63) is 47.5 Å². The SMILES string of the molecule is CCC(=O)N(CC=C(C)C)[C@@H](C)c1ccccc1. The molecule has 0 saturated heterocycles. The number of carbonyl (C=O) groups excluding carboxylic acids is 1. The first kappa shape index (κ1) is 14.5. The van der Waals surface area contributed by atoms with Gasteiger partial charge in [0.15, 0.2) is 0 Å². The summed E-state index contributed by atoms with van der Waals surface area (Å²) in [5.41, 5.74) is 2.42. The Bertz CT molecular complexity index is 404. The lowest BCUT2D eigenvalue weighted by atomic mass is 10.1. The van der Waals surface area contributed by atoms with E-state index in [2.05, 4.69) is 39.0 Å². The molecule has 0 aliphatic rings. The second kappa shape index (κ2) is 7.00. The highest BCUT2D eigenvalue weighted by molar-refractivity contribution is 5.76. The Hall–Kier alpha value is -1.57. The fourth-order valence-corrected chi connectivity index (χ4v) is 1.87. The quantitative estimate of drug-likeness (QED) is 0.719.